The molecule has 2 N–H and O–H groups in total. The zero-order chi connectivity index (χ0) is 18.7. The summed E-state index contributed by atoms with van der Waals surface area (Å²) in [6, 6.07) is 7.76. The average molecular weight is 357 g/mol. The number of H-pyrrole nitrogens is 1. The van der Waals surface area contributed by atoms with Crippen molar-refractivity contribution in [2.75, 3.05) is 19.6 Å². The van der Waals surface area contributed by atoms with Crippen molar-refractivity contribution in [3.63, 3.8) is 0 Å². The Hall–Kier alpha value is -2.50. The number of hydrogen-bond donors (Lipinski definition) is 2. The van der Waals surface area contributed by atoms with Gasteiger partial charge in [0.1, 0.15) is 5.60 Å². The number of carbonyl (C=O) groups is 2. The molecular weight excluding hydrogens is 330 g/mol. The van der Waals surface area contributed by atoms with Crippen LogP contribution in [0.25, 0.3) is 10.9 Å². The van der Waals surface area contributed by atoms with Gasteiger partial charge in [-0.1, -0.05) is 6.07 Å². The van der Waals surface area contributed by atoms with E-state index in [-0.39, 0.29) is 12.0 Å². The highest BCUT2D eigenvalue weighted by atomic mass is 16.6. The minimum Gasteiger partial charge on any atom is -0.444 e. The van der Waals surface area contributed by atoms with Crippen LogP contribution in [0.1, 0.15) is 44.0 Å². The normalized spacial score (nSPS) is 15.9. The van der Waals surface area contributed by atoms with Crippen molar-refractivity contribution in [3.05, 3.63) is 36.0 Å². The molecule has 26 heavy (non-hydrogen) atoms. The summed E-state index contributed by atoms with van der Waals surface area (Å²) in [5, 5.41) is 3.94. The molecule has 2 amide bonds. The van der Waals surface area contributed by atoms with Crippen molar-refractivity contribution in [3.8, 4) is 0 Å². The minimum absolute atomic E-state index is 0.0695. The SMILES string of the molecule is CC(C)(C)OC(=O)NCC1CCN(C(=O)c2ccc3cc[nH]c3c2)CC1. The number of nitrogens with zero attached hydrogens (tertiary/aromatic N) is 1. The van der Waals surface area contributed by atoms with Gasteiger partial charge in [-0.05, 0) is 63.1 Å². The van der Waals surface area contributed by atoms with Gasteiger partial charge in [0.2, 0.25) is 0 Å². The topological polar surface area (TPSA) is 74.4 Å². The number of aromatic nitrogens is 1. The highest BCUT2D eigenvalue weighted by Gasteiger charge is 2.25. The molecule has 1 saturated heterocycles. The maximum Gasteiger partial charge on any atom is 0.407 e. The van der Waals surface area contributed by atoms with Crippen LogP contribution >= 0.6 is 0 Å². The fraction of sp³-hybridized carbons (Fsp3) is 0.500. The van der Waals surface area contributed by atoms with Gasteiger partial charge in [0.15, 0.2) is 0 Å². The lowest BCUT2D eigenvalue weighted by molar-refractivity contribution is 0.0500. The van der Waals surface area contributed by atoms with Crippen LogP contribution in [-0.4, -0.2) is 47.1 Å². The van der Waals surface area contributed by atoms with Crippen molar-refractivity contribution < 1.29 is 14.3 Å². The number of alkyl carbamates (subject to hydrolysis) is 1. The molecule has 0 saturated carbocycles. The second-order valence-electron chi connectivity index (χ2n) is 7.90. The maximum atomic E-state index is 12.7. The van der Waals surface area contributed by atoms with Crippen molar-refractivity contribution >= 4 is 22.9 Å². The molecule has 140 valence electrons. The van der Waals surface area contributed by atoms with Gasteiger partial charge >= 0.3 is 6.09 Å². The van der Waals surface area contributed by atoms with E-state index in [0.29, 0.717) is 31.1 Å². The fourth-order valence-electron chi connectivity index (χ4n) is 3.25. The van der Waals surface area contributed by atoms with E-state index in [1.165, 1.54) is 0 Å². The number of carbonyl (C=O) groups excluding carboxylic acids is 2. The number of ether oxygens (including phenoxy) is 1. The zero-order valence-corrected chi connectivity index (χ0v) is 15.7. The quantitative estimate of drug-likeness (QED) is 0.882. The van der Waals surface area contributed by atoms with Crippen LogP contribution in [0, 0.1) is 5.92 Å². The Kier molecular flexibility index (Phi) is 5.20. The van der Waals surface area contributed by atoms with Crippen LogP contribution in [0.5, 0.6) is 0 Å². The lowest BCUT2D eigenvalue weighted by Gasteiger charge is -2.32. The van der Waals surface area contributed by atoms with Gasteiger partial charge in [-0.25, -0.2) is 4.79 Å². The van der Waals surface area contributed by atoms with E-state index < -0.39 is 5.60 Å². The highest BCUT2D eigenvalue weighted by Crippen LogP contribution is 2.21. The third kappa shape index (κ3) is 4.56. The lowest BCUT2D eigenvalue weighted by Crippen LogP contribution is -2.42. The maximum absolute atomic E-state index is 12.7. The van der Waals surface area contributed by atoms with Crippen LogP contribution in [0.3, 0.4) is 0 Å². The second-order valence-corrected chi connectivity index (χ2v) is 7.90. The summed E-state index contributed by atoms with van der Waals surface area (Å²) < 4.78 is 5.26. The molecule has 0 spiro atoms. The summed E-state index contributed by atoms with van der Waals surface area (Å²) in [7, 11) is 0. The fourth-order valence-corrected chi connectivity index (χ4v) is 3.25. The molecule has 0 unspecified atom stereocenters. The molecule has 1 aromatic heterocycles. The Bertz CT molecular complexity index is 783. The van der Waals surface area contributed by atoms with Crippen molar-refractivity contribution in [2.45, 2.75) is 39.2 Å². The Morgan fingerprint density at radius 3 is 2.65 bits per heavy atom. The minimum atomic E-state index is -0.486. The molecule has 1 aromatic carbocycles. The molecule has 1 fully saturated rings. The van der Waals surface area contributed by atoms with Crippen LogP contribution in [0.2, 0.25) is 0 Å². The summed E-state index contributed by atoms with van der Waals surface area (Å²) in [5.74, 6) is 0.442. The molecule has 6 heteroatoms. The Balaban J connectivity index is 1.48. The van der Waals surface area contributed by atoms with Crippen LogP contribution in [0.4, 0.5) is 4.79 Å². The third-order valence-corrected chi connectivity index (χ3v) is 4.64. The zero-order valence-electron chi connectivity index (χ0n) is 15.7. The first kappa shape index (κ1) is 18.3. The van der Waals surface area contributed by atoms with E-state index in [2.05, 4.69) is 10.3 Å². The van der Waals surface area contributed by atoms with Gasteiger partial charge in [-0.3, -0.25) is 4.79 Å². The molecule has 1 aliphatic heterocycles. The first-order valence-electron chi connectivity index (χ1n) is 9.15. The number of aromatic amines is 1. The molecule has 0 radical (unpaired) electrons. The molecule has 1 aliphatic rings. The number of amides is 2. The number of rotatable bonds is 3. The number of likely N-dealkylation sites (tertiary alicyclic amines) is 1. The molecule has 2 aromatic rings. The summed E-state index contributed by atoms with van der Waals surface area (Å²) >= 11 is 0. The second kappa shape index (κ2) is 7.40. The number of hydrogen-bond acceptors (Lipinski definition) is 3. The Morgan fingerprint density at radius 2 is 1.96 bits per heavy atom. The summed E-state index contributed by atoms with van der Waals surface area (Å²) in [5.41, 5.74) is 1.21. The molecule has 3 rings (SSSR count). The van der Waals surface area contributed by atoms with Gasteiger partial charge < -0.3 is 19.9 Å². The highest BCUT2D eigenvalue weighted by molar-refractivity contribution is 5.98. The number of benzene rings is 1. The van der Waals surface area contributed by atoms with Gasteiger partial charge in [0, 0.05) is 36.9 Å². The summed E-state index contributed by atoms with van der Waals surface area (Å²) in [6.07, 6.45) is 3.26. The Labute approximate surface area is 153 Å². The molecule has 2 heterocycles. The van der Waals surface area contributed by atoms with Gasteiger partial charge in [0.05, 0.1) is 0 Å². The van der Waals surface area contributed by atoms with E-state index in [4.69, 9.17) is 4.74 Å². The number of piperidine rings is 1. The van der Waals surface area contributed by atoms with E-state index in [0.717, 1.165) is 23.7 Å². The number of fused-ring (bicyclic) bond motifs is 1. The molecule has 0 aliphatic carbocycles. The van der Waals surface area contributed by atoms with Gasteiger partial charge in [0.25, 0.3) is 5.91 Å². The van der Waals surface area contributed by atoms with Crippen molar-refractivity contribution in [1.82, 2.24) is 15.2 Å². The van der Waals surface area contributed by atoms with Crippen LogP contribution in [-0.2, 0) is 4.74 Å². The van der Waals surface area contributed by atoms with Crippen LogP contribution in [0.15, 0.2) is 30.5 Å². The molecule has 0 atom stereocenters. The lowest BCUT2D eigenvalue weighted by atomic mass is 9.96. The van der Waals surface area contributed by atoms with Gasteiger partial charge in [-0.2, -0.15) is 0 Å². The van der Waals surface area contributed by atoms with E-state index in [1.807, 2.05) is 56.1 Å². The van der Waals surface area contributed by atoms with E-state index in [1.54, 1.807) is 0 Å². The predicted molar refractivity (Wildman–Crippen MR) is 101 cm³/mol. The predicted octanol–water partition coefficient (Wildman–Crippen LogP) is 3.54. The molecular formula is C20H27N3O3. The molecule has 0 bridgehead atoms. The van der Waals surface area contributed by atoms with E-state index >= 15 is 0 Å². The molecule has 6 nitrogen and oxygen atoms in total. The summed E-state index contributed by atoms with van der Waals surface area (Å²) in [6.45, 7) is 7.56. The largest absolute Gasteiger partial charge is 0.444 e. The smallest absolute Gasteiger partial charge is 0.407 e. The van der Waals surface area contributed by atoms with Crippen LogP contribution < -0.4 is 5.32 Å². The first-order chi connectivity index (χ1) is 12.3. The van der Waals surface area contributed by atoms with E-state index in [9.17, 15) is 9.59 Å². The van der Waals surface area contributed by atoms with Crippen molar-refractivity contribution in [2.24, 2.45) is 5.92 Å². The Morgan fingerprint density at radius 1 is 1.23 bits per heavy atom. The van der Waals surface area contributed by atoms with Gasteiger partial charge in [-0.15, -0.1) is 0 Å². The third-order valence-electron chi connectivity index (χ3n) is 4.64. The first-order valence-corrected chi connectivity index (χ1v) is 9.15. The van der Waals surface area contributed by atoms with Crippen molar-refractivity contribution in [1.29, 1.82) is 0 Å². The summed E-state index contributed by atoms with van der Waals surface area (Å²) in [4.78, 5) is 29.5. The average Bonchev–Trinajstić information content (AvgIpc) is 3.06. The number of nitrogens with one attached hydrogen (secondary N) is 2. The standard InChI is InChI=1S/C20H27N3O3/c1-20(2,3)26-19(25)22-13-14-7-10-23(11-8-14)18(24)16-5-4-15-6-9-21-17(15)12-16/h4-6,9,12,14,21H,7-8,10-11,13H2,1-3H3,(H,22,25). The monoisotopic (exact) mass is 357 g/mol.